The molecule has 1 nitrogen and oxygen atoms in total. The molecule has 0 unspecified atom stereocenters. The molecule has 0 aromatic heterocycles. The van der Waals surface area contributed by atoms with Crippen LogP contribution < -0.4 is 21.9 Å². The lowest BCUT2D eigenvalue weighted by atomic mass is 9.13. The zero-order chi connectivity index (χ0) is 20.4. The summed E-state index contributed by atoms with van der Waals surface area (Å²) >= 11 is 0. The maximum Gasteiger partial charge on any atom is 0.108 e. The van der Waals surface area contributed by atoms with Gasteiger partial charge in [0.05, 0.1) is 0 Å². The van der Waals surface area contributed by atoms with Crippen LogP contribution in [-0.2, 0) is 5.48 Å². The summed E-state index contributed by atoms with van der Waals surface area (Å²) in [5, 5.41) is 0. The van der Waals surface area contributed by atoms with Gasteiger partial charge in [0.25, 0.3) is 0 Å². The Morgan fingerprint density at radius 1 is 0.400 bits per heavy atom. The predicted octanol–water partition coefficient (Wildman–Crippen LogP) is 3.38. The molecule has 4 aromatic carbocycles. The molecule has 0 heterocycles. The molecule has 0 aliphatic heterocycles. The molecule has 0 atom stereocenters. The van der Waals surface area contributed by atoms with Crippen LogP contribution in [0.15, 0.2) is 97.1 Å². The van der Waals surface area contributed by atoms with Crippen LogP contribution in [0.3, 0.4) is 0 Å². The van der Waals surface area contributed by atoms with Gasteiger partial charge < -0.3 is 5.48 Å². The van der Waals surface area contributed by atoms with Crippen LogP contribution in [-0.4, -0.2) is 6.15 Å². The van der Waals surface area contributed by atoms with Crippen molar-refractivity contribution in [3.05, 3.63) is 119 Å². The first-order chi connectivity index (χ1) is 14.0. The van der Waals surface area contributed by atoms with Gasteiger partial charge in [-0.05, 0) is 27.7 Å². The molecule has 0 fully saturated rings. The van der Waals surface area contributed by atoms with Crippen LogP contribution in [0, 0.1) is 27.7 Å². The maximum absolute atomic E-state index is 2.37. The molecule has 0 saturated carbocycles. The lowest BCUT2D eigenvalue weighted by Gasteiger charge is -2.45. The number of hydrogen-bond acceptors (Lipinski definition) is 0. The molecule has 0 aliphatic carbocycles. The van der Waals surface area contributed by atoms with Crippen molar-refractivity contribution < 1.29 is 5.48 Å². The molecule has 4 rings (SSSR count). The normalized spacial score (nSPS) is 11.1. The minimum atomic E-state index is -1.29. The van der Waals surface area contributed by atoms with Gasteiger partial charge >= 0.3 is 0 Å². The average Bonchev–Trinajstić information content (AvgIpc) is 2.69. The van der Waals surface area contributed by atoms with E-state index >= 15 is 0 Å². The third-order valence-electron chi connectivity index (χ3n) is 6.17. The molecule has 0 radical (unpaired) electrons. The second-order valence-electron chi connectivity index (χ2n) is 8.52. The number of rotatable bonds is 4. The fourth-order valence-electron chi connectivity index (χ4n) is 4.91. The molecule has 3 N–H and O–H groups in total. The highest BCUT2D eigenvalue weighted by atomic mass is 16.0. The largest absolute Gasteiger partial charge is 0.457 e. The van der Waals surface area contributed by atoms with E-state index in [1.807, 2.05) is 0 Å². The van der Waals surface area contributed by atoms with E-state index in [4.69, 9.17) is 0 Å². The van der Waals surface area contributed by atoms with E-state index in [1.54, 1.807) is 0 Å². The fourth-order valence-corrected chi connectivity index (χ4v) is 4.91. The summed E-state index contributed by atoms with van der Waals surface area (Å²) in [6.07, 6.45) is -1.29. The summed E-state index contributed by atoms with van der Waals surface area (Å²) in [5.41, 5.74) is 10.6. The Kier molecular flexibility index (Phi) is 6.29. The molecule has 4 aromatic rings. The van der Waals surface area contributed by atoms with Crippen LogP contribution in [0.2, 0.25) is 0 Å². The first kappa shape index (κ1) is 21.6. The van der Waals surface area contributed by atoms with Gasteiger partial charge in [-0.15, -0.1) is 0 Å². The first-order valence-electron chi connectivity index (χ1n) is 10.4. The van der Waals surface area contributed by atoms with Gasteiger partial charge in [0.1, 0.15) is 6.15 Å². The highest BCUT2D eigenvalue weighted by Gasteiger charge is 2.32. The second-order valence-corrected chi connectivity index (χ2v) is 8.52. The van der Waals surface area contributed by atoms with E-state index in [0.717, 1.165) is 0 Å². The molecule has 30 heavy (non-hydrogen) atoms. The van der Waals surface area contributed by atoms with E-state index in [-0.39, 0.29) is 5.48 Å². The van der Waals surface area contributed by atoms with Crippen molar-refractivity contribution in [2.75, 3.05) is 0 Å². The van der Waals surface area contributed by atoms with Gasteiger partial charge in [0.15, 0.2) is 0 Å². The van der Waals surface area contributed by atoms with Crippen molar-refractivity contribution in [3.63, 3.8) is 0 Å². The minimum absolute atomic E-state index is 0. The van der Waals surface area contributed by atoms with E-state index in [2.05, 4.69) is 125 Å². The summed E-state index contributed by atoms with van der Waals surface area (Å²) in [4.78, 5) is 0. The van der Waals surface area contributed by atoms with Crippen molar-refractivity contribution in [2.45, 2.75) is 27.7 Å². The molecular formula is C28H31BO. The van der Waals surface area contributed by atoms with Gasteiger partial charge in [-0.3, -0.25) is 0 Å². The van der Waals surface area contributed by atoms with Crippen molar-refractivity contribution in [2.24, 2.45) is 0 Å². The van der Waals surface area contributed by atoms with Crippen LogP contribution in [0.4, 0.5) is 0 Å². The van der Waals surface area contributed by atoms with E-state index < -0.39 is 6.15 Å². The Hall–Kier alpha value is -3.10. The Morgan fingerprint density at radius 2 is 0.633 bits per heavy atom. The molecular weight excluding hydrogens is 363 g/mol. The van der Waals surface area contributed by atoms with Crippen LogP contribution in [0.5, 0.6) is 0 Å². The maximum atomic E-state index is 2.37. The molecule has 0 saturated heterocycles. The van der Waals surface area contributed by atoms with Gasteiger partial charge in [0.2, 0.25) is 0 Å². The first-order valence-corrected chi connectivity index (χ1v) is 10.4. The molecule has 0 bridgehead atoms. The highest BCUT2D eigenvalue weighted by molar-refractivity contribution is 7.19. The smallest absolute Gasteiger partial charge is 0.108 e. The lowest BCUT2D eigenvalue weighted by molar-refractivity contribution is 0.686. The summed E-state index contributed by atoms with van der Waals surface area (Å²) < 4.78 is 0. The molecule has 0 amide bonds. The average molecular weight is 394 g/mol. The Morgan fingerprint density at radius 3 is 0.833 bits per heavy atom. The van der Waals surface area contributed by atoms with Crippen LogP contribution in [0.1, 0.15) is 22.3 Å². The van der Waals surface area contributed by atoms with Crippen molar-refractivity contribution >= 4 is 28.0 Å². The Balaban J connectivity index is 0.00000256. The zero-order valence-electron chi connectivity index (χ0n) is 18.4. The van der Waals surface area contributed by atoms with Crippen molar-refractivity contribution in [1.29, 1.82) is 0 Å². The van der Waals surface area contributed by atoms with Crippen molar-refractivity contribution in [1.82, 2.24) is 0 Å². The summed E-state index contributed by atoms with van der Waals surface area (Å²) in [6.45, 7) is 8.75. The van der Waals surface area contributed by atoms with Gasteiger partial charge in [-0.25, -0.2) is 0 Å². The molecule has 0 spiro atoms. The topological polar surface area (TPSA) is 33.0 Å². The molecule has 152 valence electrons. The Labute approximate surface area is 180 Å². The molecule has 2 heteroatoms. The van der Waals surface area contributed by atoms with E-state index in [9.17, 15) is 0 Å². The standard InChI is InChI=1S/C28H28B.H2O/c1-21-9-5-13-25(17-21)29(26-14-6-10-22(2)18-26,27-15-7-11-23(3)19-27)28-16-8-12-24(4)20-28;/h5-20H,1-4H3;1H2/q-1;/p+1. The number of aryl methyl sites for hydroxylation is 4. The number of hydrogen-bond donors (Lipinski definition) is 0. The summed E-state index contributed by atoms with van der Waals surface area (Å²) in [5.74, 6) is 0. The van der Waals surface area contributed by atoms with Crippen LogP contribution >= 0.6 is 0 Å². The van der Waals surface area contributed by atoms with E-state index in [0.29, 0.717) is 0 Å². The van der Waals surface area contributed by atoms with Gasteiger partial charge in [0, 0.05) is 0 Å². The number of benzene rings is 4. The molecule has 0 aliphatic rings. The van der Waals surface area contributed by atoms with Crippen molar-refractivity contribution in [3.8, 4) is 0 Å². The monoisotopic (exact) mass is 394 g/mol. The third-order valence-corrected chi connectivity index (χ3v) is 6.17. The quantitative estimate of drug-likeness (QED) is 0.376. The fraction of sp³-hybridized carbons (Fsp3) is 0.143. The zero-order valence-corrected chi connectivity index (χ0v) is 18.4. The van der Waals surface area contributed by atoms with E-state index in [1.165, 1.54) is 44.1 Å². The Bertz CT molecular complexity index is 975. The minimum Gasteiger partial charge on any atom is -0.457 e. The SMILES string of the molecule is Cc1cccc([B-](c2cccc(C)c2)(c2cccc(C)c2)c2cccc(C)c2)c1.[OH3+]. The summed E-state index contributed by atoms with van der Waals surface area (Å²) in [7, 11) is 0. The summed E-state index contributed by atoms with van der Waals surface area (Å²) in [6, 6.07) is 36.2. The second kappa shape index (κ2) is 8.73. The van der Waals surface area contributed by atoms with Crippen LogP contribution in [0.25, 0.3) is 0 Å². The van der Waals surface area contributed by atoms with Gasteiger partial charge in [-0.2, -0.15) is 21.9 Å². The highest BCUT2D eigenvalue weighted by Crippen LogP contribution is 2.13. The van der Waals surface area contributed by atoms with Gasteiger partial charge in [-0.1, -0.05) is 119 Å². The predicted molar refractivity (Wildman–Crippen MR) is 134 cm³/mol. The lowest BCUT2D eigenvalue weighted by Crippen LogP contribution is -2.75. The third kappa shape index (κ3) is 3.84.